The predicted molar refractivity (Wildman–Crippen MR) is 105 cm³/mol. The number of hydrogen-bond donors (Lipinski definition) is 2. The van der Waals surface area contributed by atoms with E-state index in [1.165, 1.54) is 6.92 Å². The van der Waals surface area contributed by atoms with Crippen LogP contribution in [0, 0.1) is 0 Å². The van der Waals surface area contributed by atoms with Crippen molar-refractivity contribution in [2.75, 3.05) is 18.4 Å². The number of nitrogens with zero attached hydrogens (tertiary/aromatic N) is 2. The van der Waals surface area contributed by atoms with E-state index in [1.54, 1.807) is 24.3 Å². The average Bonchev–Trinajstić information content (AvgIpc) is 3.12. The van der Waals surface area contributed by atoms with Crippen LogP contribution < -0.4 is 5.32 Å². The second-order valence-electron chi connectivity index (χ2n) is 6.99. The lowest BCUT2D eigenvalue weighted by molar-refractivity contribution is 0.101. The molecule has 1 aliphatic heterocycles. The zero-order valence-corrected chi connectivity index (χ0v) is 15.2. The number of ketones is 1. The molecule has 1 aliphatic rings. The summed E-state index contributed by atoms with van der Waals surface area (Å²) in [6, 6.07) is 14.9. The molecule has 2 aromatic carbocycles. The van der Waals surface area contributed by atoms with E-state index in [4.69, 9.17) is 4.98 Å². The number of aromatic nitrogens is 2. The lowest BCUT2D eigenvalue weighted by Crippen LogP contribution is -2.41. The molecule has 6 nitrogen and oxygen atoms in total. The molecule has 1 aromatic heterocycles. The van der Waals surface area contributed by atoms with Gasteiger partial charge in [0.1, 0.15) is 5.82 Å². The molecule has 1 fully saturated rings. The van der Waals surface area contributed by atoms with Gasteiger partial charge in [0.25, 0.3) is 0 Å². The highest BCUT2D eigenvalue weighted by Crippen LogP contribution is 2.27. The molecule has 1 atom stereocenters. The number of amides is 2. The van der Waals surface area contributed by atoms with Gasteiger partial charge in [-0.15, -0.1) is 0 Å². The number of nitrogens with one attached hydrogen (secondary N) is 2. The van der Waals surface area contributed by atoms with Crippen molar-refractivity contribution in [3.05, 3.63) is 59.9 Å². The van der Waals surface area contributed by atoms with Crippen molar-refractivity contribution < 1.29 is 9.59 Å². The molecule has 4 rings (SSSR count). The Hall–Kier alpha value is -3.15. The Bertz CT molecular complexity index is 962. The molecule has 0 radical (unpaired) electrons. The quantitative estimate of drug-likeness (QED) is 0.686. The average molecular weight is 362 g/mol. The number of aromatic amines is 1. The van der Waals surface area contributed by atoms with Crippen molar-refractivity contribution in [3.8, 4) is 0 Å². The molecule has 0 bridgehead atoms. The number of anilines is 1. The molecule has 27 heavy (non-hydrogen) atoms. The van der Waals surface area contributed by atoms with Crippen LogP contribution >= 0.6 is 0 Å². The molecular weight excluding hydrogens is 340 g/mol. The Morgan fingerprint density at radius 3 is 2.85 bits per heavy atom. The molecule has 3 aromatic rings. The third kappa shape index (κ3) is 3.69. The van der Waals surface area contributed by atoms with E-state index >= 15 is 0 Å². The van der Waals surface area contributed by atoms with E-state index in [-0.39, 0.29) is 17.7 Å². The molecule has 0 spiro atoms. The summed E-state index contributed by atoms with van der Waals surface area (Å²) in [7, 11) is 0. The van der Waals surface area contributed by atoms with Crippen LogP contribution in [0.1, 0.15) is 41.9 Å². The molecule has 2 N–H and O–H groups in total. The summed E-state index contributed by atoms with van der Waals surface area (Å²) in [4.78, 5) is 34.1. The van der Waals surface area contributed by atoms with Crippen LogP contribution in [-0.2, 0) is 0 Å². The first-order valence-electron chi connectivity index (χ1n) is 9.22. The number of Topliss-reactive ketones (excluding diaryl/α,β-unsaturated/α-hetero) is 1. The van der Waals surface area contributed by atoms with Crippen molar-refractivity contribution in [1.82, 2.24) is 14.9 Å². The third-order valence-electron chi connectivity index (χ3n) is 5.02. The second-order valence-corrected chi connectivity index (χ2v) is 6.99. The highest BCUT2D eigenvalue weighted by atomic mass is 16.2. The van der Waals surface area contributed by atoms with Gasteiger partial charge >= 0.3 is 6.03 Å². The number of imidazole rings is 1. The fraction of sp³-hybridized carbons (Fsp3) is 0.286. The van der Waals surface area contributed by atoms with Crippen molar-refractivity contribution >= 4 is 28.5 Å². The van der Waals surface area contributed by atoms with E-state index in [0.717, 1.165) is 36.2 Å². The minimum Gasteiger partial charge on any atom is -0.342 e. The maximum absolute atomic E-state index is 12.7. The smallest absolute Gasteiger partial charge is 0.321 e. The minimum absolute atomic E-state index is 0.0194. The van der Waals surface area contributed by atoms with Crippen LogP contribution in [0.4, 0.5) is 10.5 Å². The van der Waals surface area contributed by atoms with E-state index in [2.05, 4.69) is 10.3 Å². The lowest BCUT2D eigenvalue weighted by atomic mass is 9.97. The third-order valence-corrected chi connectivity index (χ3v) is 5.02. The van der Waals surface area contributed by atoms with Crippen LogP contribution in [-0.4, -0.2) is 39.8 Å². The summed E-state index contributed by atoms with van der Waals surface area (Å²) in [6.07, 6.45) is 1.94. The molecular formula is C21H22N4O2. The number of likely N-dealkylation sites (tertiary alicyclic amines) is 1. The maximum atomic E-state index is 12.7. The Balaban J connectivity index is 1.46. The van der Waals surface area contributed by atoms with Gasteiger partial charge in [0.2, 0.25) is 0 Å². The normalized spacial score (nSPS) is 17.1. The lowest BCUT2D eigenvalue weighted by Gasteiger charge is -2.31. The number of hydrogen-bond acceptors (Lipinski definition) is 3. The molecule has 138 valence electrons. The second kappa shape index (κ2) is 7.23. The number of carbonyl (C=O) groups excluding carboxylic acids is 2. The van der Waals surface area contributed by atoms with Crippen molar-refractivity contribution in [2.45, 2.75) is 25.7 Å². The first kappa shape index (κ1) is 17.3. The van der Waals surface area contributed by atoms with Gasteiger partial charge in [0.15, 0.2) is 5.78 Å². The fourth-order valence-corrected chi connectivity index (χ4v) is 3.57. The summed E-state index contributed by atoms with van der Waals surface area (Å²) >= 11 is 0. The Kier molecular flexibility index (Phi) is 4.62. The highest BCUT2D eigenvalue weighted by molar-refractivity contribution is 5.96. The van der Waals surface area contributed by atoms with Crippen LogP contribution in [0.15, 0.2) is 48.5 Å². The standard InChI is InChI=1S/C21H22N4O2/c1-14(26)15-6-4-8-17(12-15)22-21(27)25-11-5-7-16(13-25)20-23-18-9-2-3-10-19(18)24-20/h2-4,6,8-10,12,16H,5,7,11,13H2,1H3,(H,22,27)(H,23,24)/t16-/m1/s1. The number of carbonyl (C=O) groups is 2. The summed E-state index contributed by atoms with van der Waals surface area (Å²) in [5, 5.41) is 2.91. The summed E-state index contributed by atoms with van der Waals surface area (Å²) in [6.45, 7) is 2.86. The van der Waals surface area contributed by atoms with Crippen LogP contribution in [0.2, 0.25) is 0 Å². The molecule has 2 heterocycles. The molecule has 0 saturated carbocycles. The Morgan fingerprint density at radius 1 is 1.19 bits per heavy atom. The summed E-state index contributed by atoms with van der Waals surface area (Å²) in [5.41, 5.74) is 3.20. The van der Waals surface area contributed by atoms with Crippen molar-refractivity contribution in [3.63, 3.8) is 0 Å². The van der Waals surface area contributed by atoms with Gasteiger partial charge in [-0.3, -0.25) is 4.79 Å². The van der Waals surface area contributed by atoms with Crippen LogP contribution in [0.5, 0.6) is 0 Å². The molecule has 0 aliphatic carbocycles. The number of fused-ring (bicyclic) bond motifs is 1. The monoisotopic (exact) mass is 362 g/mol. The van der Waals surface area contributed by atoms with Gasteiger partial charge in [-0.2, -0.15) is 0 Å². The van der Waals surface area contributed by atoms with Crippen LogP contribution in [0.25, 0.3) is 11.0 Å². The number of benzene rings is 2. The number of piperidine rings is 1. The van der Waals surface area contributed by atoms with Gasteiger partial charge in [0.05, 0.1) is 11.0 Å². The molecule has 6 heteroatoms. The molecule has 1 saturated heterocycles. The van der Waals surface area contributed by atoms with Gasteiger partial charge in [-0.25, -0.2) is 9.78 Å². The number of H-pyrrole nitrogens is 1. The predicted octanol–water partition coefficient (Wildman–Crippen LogP) is 4.18. The van der Waals surface area contributed by atoms with E-state index in [1.807, 2.05) is 29.2 Å². The number of rotatable bonds is 3. The van der Waals surface area contributed by atoms with Gasteiger partial charge < -0.3 is 15.2 Å². The largest absolute Gasteiger partial charge is 0.342 e. The van der Waals surface area contributed by atoms with Gasteiger partial charge in [-0.1, -0.05) is 24.3 Å². The Labute approximate surface area is 157 Å². The van der Waals surface area contributed by atoms with Crippen LogP contribution in [0.3, 0.4) is 0 Å². The zero-order valence-electron chi connectivity index (χ0n) is 15.2. The van der Waals surface area contributed by atoms with Crippen molar-refractivity contribution in [1.29, 1.82) is 0 Å². The SMILES string of the molecule is CC(=O)c1cccc(NC(=O)N2CCC[C@@H](c3nc4ccccc4[nH]3)C2)c1. The topological polar surface area (TPSA) is 78.1 Å². The number of urea groups is 1. The summed E-state index contributed by atoms with van der Waals surface area (Å²) in [5.74, 6) is 1.11. The van der Waals surface area contributed by atoms with Gasteiger partial charge in [-0.05, 0) is 44.0 Å². The van der Waals surface area contributed by atoms with Crippen molar-refractivity contribution in [2.24, 2.45) is 0 Å². The first-order chi connectivity index (χ1) is 13.1. The molecule has 0 unspecified atom stereocenters. The van der Waals surface area contributed by atoms with E-state index in [0.29, 0.717) is 17.8 Å². The van der Waals surface area contributed by atoms with Gasteiger partial charge in [0, 0.05) is 30.3 Å². The minimum atomic E-state index is -0.142. The maximum Gasteiger partial charge on any atom is 0.321 e. The highest BCUT2D eigenvalue weighted by Gasteiger charge is 2.27. The van der Waals surface area contributed by atoms with E-state index < -0.39 is 0 Å². The Morgan fingerprint density at radius 2 is 2.04 bits per heavy atom. The summed E-state index contributed by atoms with van der Waals surface area (Å²) < 4.78 is 0. The first-order valence-corrected chi connectivity index (χ1v) is 9.22. The zero-order chi connectivity index (χ0) is 18.8. The van der Waals surface area contributed by atoms with E-state index in [9.17, 15) is 9.59 Å². The molecule has 2 amide bonds. The number of para-hydroxylation sites is 2. The fourth-order valence-electron chi connectivity index (χ4n) is 3.57.